The minimum atomic E-state index is -0.873. The van der Waals surface area contributed by atoms with Gasteiger partial charge in [0.05, 0.1) is 31.0 Å². The van der Waals surface area contributed by atoms with Gasteiger partial charge in [-0.15, -0.1) is 0 Å². The first-order valence-corrected chi connectivity index (χ1v) is 11.0. The van der Waals surface area contributed by atoms with Crippen molar-refractivity contribution in [1.29, 1.82) is 0 Å². The summed E-state index contributed by atoms with van der Waals surface area (Å²) in [6.45, 7) is 4.68. The van der Waals surface area contributed by atoms with Gasteiger partial charge in [-0.25, -0.2) is 0 Å². The number of para-hydroxylation sites is 2. The van der Waals surface area contributed by atoms with Crippen LogP contribution in [0.15, 0.2) is 78.6 Å². The van der Waals surface area contributed by atoms with Crippen molar-refractivity contribution in [1.82, 2.24) is 4.98 Å². The van der Waals surface area contributed by atoms with Crippen molar-refractivity contribution in [3.05, 3.63) is 89.8 Å². The number of rotatable bonds is 7. The van der Waals surface area contributed by atoms with Gasteiger partial charge in [0.15, 0.2) is 0 Å². The van der Waals surface area contributed by atoms with Crippen LogP contribution in [0.25, 0.3) is 5.76 Å². The summed E-state index contributed by atoms with van der Waals surface area (Å²) >= 11 is 0. The molecule has 1 aliphatic heterocycles. The number of aliphatic hydroxyl groups excluding tert-OH is 1. The second-order valence-corrected chi connectivity index (χ2v) is 8.36. The number of aromatic nitrogens is 1. The minimum Gasteiger partial charge on any atom is -0.507 e. The Bertz CT molecular complexity index is 1220. The largest absolute Gasteiger partial charge is 0.507 e. The van der Waals surface area contributed by atoms with E-state index in [1.54, 1.807) is 73.1 Å². The minimum absolute atomic E-state index is 0.0141. The highest BCUT2D eigenvalue weighted by atomic mass is 16.5. The molecule has 1 aromatic heterocycles. The van der Waals surface area contributed by atoms with Gasteiger partial charge in [0.25, 0.3) is 11.7 Å². The molecular formula is C27H26N2O5. The first kappa shape index (κ1) is 23.0. The number of carbonyl (C=O) groups is 2. The molecule has 0 radical (unpaired) electrons. The number of benzene rings is 2. The number of nitrogens with zero attached hydrogens (tertiary/aromatic N) is 2. The number of Topliss-reactive ketones (excluding diaryl/α,β-unsaturated/α-hetero) is 1. The Kier molecular flexibility index (Phi) is 6.63. The molecular weight excluding hydrogens is 432 g/mol. The van der Waals surface area contributed by atoms with Gasteiger partial charge >= 0.3 is 0 Å². The topological polar surface area (TPSA) is 89.0 Å². The van der Waals surface area contributed by atoms with E-state index in [1.807, 2.05) is 0 Å². The first-order valence-electron chi connectivity index (χ1n) is 11.0. The second-order valence-electron chi connectivity index (χ2n) is 8.36. The number of methoxy groups -OCH3 is 1. The fourth-order valence-corrected chi connectivity index (χ4v) is 3.89. The van der Waals surface area contributed by atoms with E-state index < -0.39 is 17.7 Å². The summed E-state index contributed by atoms with van der Waals surface area (Å²) in [5, 5.41) is 11.2. The van der Waals surface area contributed by atoms with E-state index in [-0.39, 0.29) is 11.3 Å². The van der Waals surface area contributed by atoms with E-state index in [1.165, 1.54) is 12.0 Å². The zero-order chi connectivity index (χ0) is 24.2. The molecule has 0 bridgehead atoms. The molecule has 1 aliphatic rings. The number of ether oxygens (including phenoxy) is 2. The van der Waals surface area contributed by atoms with Crippen LogP contribution in [0.4, 0.5) is 5.69 Å². The number of hydrogen-bond acceptors (Lipinski definition) is 6. The fraction of sp³-hybridized carbons (Fsp3) is 0.222. The van der Waals surface area contributed by atoms with Crippen LogP contribution >= 0.6 is 0 Å². The molecule has 0 saturated carbocycles. The van der Waals surface area contributed by atoms with Gasteiger partial charge in [0.1, 0.15) is 17.3 Å². The van der Waals surface area contributed by atoms with Crippen LogP contribution in [0.5, 0.6) is 11.5 Å². The zero-order valence-corrected chi connectivity index (χ0v) is 19.3. The Morgan fingerprint density at radius 1 is 1.06 bits per heavy atom. The summed E-state index contributed by atoms with van der Waals surface area (Å²) in [5.74, 6) is -0.332. The molecule has 2 heterocycles. The predicted molar refractivity (Wildman–Crippen MR) is 129 cm³/mol. The van der Waals surface area contributed by atoms with Gasteiger partial charge in [0, 0.05) is 18.0 Å². The van der Waals surface area contributed by atoms with E-state index >= 15 is 0 Å². The van der Waals surface area contributed by atoms with Crippen LogP contribution in [-0.2, 0) is 9.59 Å². The SMILES string of the molecule is COc1ccccc1N1C(=O)C(=O)/C(=C(/O)c2ccc(OCC(C)C)cc2)C1c1cccnc1. The maximum absolute atomic E-state index is 13.2. The van der Waals surface area contributed by atoms with Crippen molar-refractivity contribution in [2.75, 3.05) is 18.6 Å². The normalized spacial score (nSPS) is 17.3. The van der Waals surface area contributed by atoms with E-state index in [4.69, 9.17) is 9.47 Å². The third-order valence-electron chi connectivity index (χ3n) is 5.50. The maximum Gasteiger partial charge on any atom is 0.300 e. The van der Waals surface area contributed by atoms with Crippen LogP contribution in [0.2, 0.25) is 0 Å². The zero-order valence-electron chi connectivity index (χ0n) is 19.3. The monoisotopic (exact) mass is 458 g/mol. The lowest BCUT2D eigenvalue weighted by molar-refractivity contribution is -0.132. The van der Waals surface area contributed by atoms with E-state index in [9.17, 15) is 14.7 Å². The molecule has 4 rings (SSSR count). The summed E-state index contributed by atoms with van der Waals surface area (Å²) in [5.41, 5.74) is 1.41. The second kappa shape index (κ2) is 9.79. The molecule has 7 nitrogen and oxygen atoms in total. The van der Waals surface area contributed by atoms with Gasteiger partial charge in [-0.3, -0.25) is 19.5 Å². The molecule has 1 amide bonds. The highest BCUT2D eigenvalue weighted by Gasteiger charge is 2.47. The lowest BCUT2D eigenvalue weighted by Gasteiger charge is -2.26. The van der Waals surface area contributed by atoms with Crippen molar-refractivity contribution in [2.45, 2.75) is 19.9 Å². The molecule has 1 saturated heterocycles. The van der Waals surface area contributed by atoms with Crippen molar-refractivity contribution in [2.24, 2.45) is 5.92 Å². The number of amides is 1. The van der Waals surface area contributed by atoms with Crippen molar-refractivity contribution < 1.29 is 24.2 Å². The number of carbonyl (C=O) groups excluding carboxylic acids is 2. The Hall–Kier alpha value is -4.13. The Labute approximate surface area is 198 Å². The molecule has 3 aromatic rings. The highest BCUT2D eigenvalue weighted by molar-refractivity contribution is 6.51. The van der Waals surface area contributed by atoms with Crippen LogP contribution in [0.1, 0.15) is 31.0 Å². The molecule has 2 aromatic carbocycles. The van der Waals surface area contributed by atoms with Crippen LogP contribution in [0.3, 0.4) is 0 Å². The number of pyridine rings is 1. The average Bonchev–Trinajstić information content (AvgIpc) is 3.13. The van der Waals surface area contributed by atoms with E-state index in [2.05, 4.69) is 18.8 Å². The van der Waals surface area contributed by atoms with E-state index in [0.717, 1.165) is 0 Å². The number of aliphatic hydroxyl groups is 1. The third kappa shape index (κ3) is 4.37. The van der Waals surface area contributed by atoms with Gasteiger partial charge in [-0.2, -0.15) is 0 Å². The summed E-state index contributed by atoms with van der Waals surface area (Å²) in [7, 11) is 1.50. The standard InChI is InChI=1S/C27H26N2O5/c1-17(2)16-34-20-12-10-18(11-13-20)25(30)23-24(19-7-6-14-28-15-19)29(27(32)26(23)31)21-8-4-5-9-22(21)33-3/h4-15,17,24,30H,16H2,1-3H3/b25-23+. The highest BCUT2D eigenvalue weighted by Crippen LogP contribution is 2.44. The molecule has 1 fully saturated rings. The number of hydrogen-bond donors (Lipinski definition) is 1. The van der Waals surface area contributed by atoms with Crippen molar-refractivity contribution in [3.63, 3.8) is 0 Å². The molecule has 0 spiro atoms. The van der Waals surface area contributed by atoms with E-state index in [0.29, 0.717) is 40.8 Å². The van der Waals surface area contributed by atoms with Gasteiger partial charge in [-0.1, -0.05) is 32.0 Å². The van der Waals surface area contributed by atoms with Crippen LogP contribution in [0, 0.1) is 5.92 Å². The van der Waals surface area contributed by atoms with Crippen LogP contribution < -0.4 is 14.4 Å². The summed E-state index contributed by atoms with van der Waals surface area (Å²) in [6.07, 6.45) is 3.18. The number of ketones is 1. The lowest BCUT2D eigenvalue weighted by Crippen LogP contribution is -2.29. The fourth-order valence-electron chi connectivity index (χ4n) is 3.89. The third-order valence-corrected chi connectivity index (χ3v) is 5.50. The summed E-state index contributed by atoms with van der Waals surface area (Å²) < 4.78 is 11.2. The van der Waals surface area contributed by atoms with Crippen molar-refractivity contribution >= 4 is 23.1 Å². The lowest BCUT2D eigenvalue weighted by atomic mass is 9.96. The first-order chi connectivity index (χ1) is 16.4. The molecule has 7 heteroatoms. The van der Waals surface area contributed by atoms with Crippen molar-refractivity contribution in [3.8, 4) is 11.5 Å². The average molecular weight is 459 g/mol. The Morgan fingerprint density at radius 3 is 2.44 bits per heavy atom. The van der Waals surface area contributed by atoms with Gasteiger partial charge in [-0.05, 0) is 53.9 Å². The number of anilines is 1. The molecule has 1 unspecified atom stereocenters. The van der Waals surface area contributed by atoms with Gasteiger partial charge in [0.2, 0.25) is 0 Å². The smallest absolute Gasteiger partial charge is 0.300 e. The molecule has 0 aliphatic carbocycles. The summed E-state index contributed by atoms with van der Waals surface area (Å²) in [6, 6.07) is 16.4. The predicted octanol–water partition coefficient (Wildman–Crippen LogP) is 4.75. The van der Waals surface area contributed by atoms with Crippen LogP contribution in [-0.4, -0.2) is 35.5 Å². The van der Waals surface area contributed by atoms with Gasteiger partial charge < -0.3 is 14.6 Å². The summed E-state index contributed by atoms with van der Waals surface area (Å²) in [4.78, 5) is 32.0. The Morgan fingerprint density at radius 2 is 1.79 bits per heavy atom. The maximum atomic E-state index is 13.2. The Balaban J connectivity index is 1.83. The quantitative estimate of drug-likeness (QED) is 0.312. The molecule has 34 heavy (non-hydrogen) atoms. The molecule has 1 atom stereocenters. The molecule has 1 N–H and O–H groups in total. The molecule has 174 valence electrons.